The largest absolute Gasteiger partial charge is 0.381 e. The molecule has 1 aliphatic rings. The predicted molar refractivity (Wildman–Crippen MR) is 74.6 cm³/mol. The zero-order chi connectivity index (χ0) is 12.7. The van der Waals surface area contributed by atoms with E-state index in [0.29, 0.717) is 0 Å². The predicted octanol–water partition coefficient (Wildman–Crippen LogP) is 3.85. The molecule has 0 unspecified atom stereocenters. The van der Waals surface area contributed by atoms with Gasteiger partial charge in [0.05, 0.1) is 0 Å². The lowest BCUT2D eigenvalue weighted by Gasteiger charge is -2.33. The highest BCUT2D eigenvalue weighted by molar-refractivity contribution is 7.99. The lowest BCUT2D eigenvalue weighted by molar-refractivity contribution is 0.111. The third kappa shape index (κ3) is 2.29. The number of aliphatic hydroxyl groups is 1. The highest BCUT2D eigenvalue weighted by atomic mass is 32.2. The van der Waals surface area contributed by atoms with Crippen molar-refractivity contribution in [2.45, 2.75) is 43.1 Å². The zero-order valence-electron chi connectivity index (χ0n) is 10.8. The minimum absolute atomic E-state index is 0.202. The van der Waals surface area contributed by atoms with E-state index in [1.54, 1.807) is 13.0 Å². The Morgan fingerprint density at radius 1 is 1.47 bits per heavy atom. The molecule has 0 aromatic heterocycles. The lowest BCUT2D eigenvalue weighted by atomic mass is 9.79. The second kappa shape index (κ2) is 4.18. The molecule has 2 heteroatoms. The first kappa shape index (κ1) is 12.7. The van der Waals surface area contributed by atoms with Gasteiger partial charge in [0.1, 0.15) is 5.60 Å². The van der Waals surface area contributed by atoms with Gasteiger partial charge < -0.3 is 5.11 Å². The van der Waals surface area contributed by atoms with Gasteiger partial charge in [-0.15, -0.1) is 11.8 Å². The molecule has 1 atom stereocenters. The van der Waals surface area contributed by atoms with Crippen molar-refractivity contribution in [1.29, 1.82) is 0 Å². The molecule has 0 fully saturated rings. The Morgan fingerprint density at radius 2 is 2.18 bits per heavy atom. The molecule has 0 amide bonds. The summed E-state index contributed by atoms with van der Waals surface area (Å²) in [7, 11) is 0. The second-order valence-electron chi connectivity index (χ2n) is 5.54. The smallest absolute Gasteiger partial charge is 0.105 e. The van der Waals surface area contributed by atoms with Gasteiger partial charge in [-0.3, -0.25) is 0 Å². The summed E-state index contributed by atoms with van der Waals surface area (Å²) in [5, 5.41) is 10.2. The van der Waals surface area contributed by atoms with E-state index < -0.39 is 5.60 Å². The molecular formula is C15H20OS. The molecule has 0 saturated carbocycles. The number of benzene rings is 1. The monoisotopic (exact) mass is 248 g/mol. The fraction of sp³-hybridized carbons (Fsp3) is 0.467. The van der Waals surface area contributed by atoms with Gasteiger partial charge in [-0.25, -0.2) is 0 Å². The van der Waals surface area contributed by atoms with E-state index in [9.17, 15) is 5.11 Å². The van der Waals surface area contributed by atoms with Crippen molar-refractivity contribution in [3.8, 4) is 0 Å². The topological polar surface area (TPSA) is 20.2 Å². The van der Waals surface area contributed by atoms with E-state index in [1.807, 2.05) is 17.8 Å². The Balaban J connectivity index is 2.52. The Labute approximate surface area is 108 Å². The molecule has 1 aromatic carbocycles. The van der Waals surface area contributed by atoms with Gasteiger partial charge in [-0.05, 0) is 41.7 Å². The Morgan fingerprint density at radius 3 is 2.82 bits per heavy atom. The van der Waals surface area contributed by atoms with E-state index in [-0.39, 0.29) is 5.41 Å². The zero-order valence-corrected chi connectivity index (χ0v) is 11.6. The first-order chi connectivity index (χ1) is 7.87. The fourth-order valence-electron chi connectivity index (χ4n) is 2.17. The first-order valence-electron chi connectivity index (χ1n) is 6.00. The maximum Gasteiger partial charge on any atom is 0.105 e. The number of fused-ring (bicyclic) bond motifs is 1. The summed E-state index contributed by atoms with van der Waals surface area (Å²) in [5.74, 6) is 1.18. The molecule has 0 spiro atoms. The maximum atomic E-state index is 10.2. The van der Waals surface area contributed by atoms with Crippen molar-refractivity contribution in [2.75, 3.05) is 5.75 Å². The molecule has 0 bridgehead atoms. The van der Waals surface area contributed by atoms with Crippen molar-refractivity contribution in [2.24, 2.45) is 0 Å². The average Bonchev–Trinajstić information content (AvgIpc) is 2.28. The number of hydrogen-bond donors (Lipinski definition) is 1. The summed E-state index contributed by atoms with van der Waals surface area (Å²) >= 11 is 1.91. The molecule has 1 aromatic rings. The van der Waals surface area contributed by atoms with Gasteiger partial charge in [0, 0.05) is 4.90 Å². The van der Waals surface area contributed by atoms with Crippen molar-refractivity contribution in [1.82, 2.24) is 0 Å². The van der Waals surface area contributed by atoms with Gasteiger partial charge in [0.2, 0.25) is 0 Å². The third-order valence-corrected chi connectivity index (χ3v) is 4.75. The first-order valence-corrected chi connectivity index (χ1v) is 6.99. The van der Waals surface area contributed by atoms with Crippen LogP contribution in [0.4, 0.5) is 0 Å². The van der Waals surface area contributed by atoms with Crippen LogP contribution in [-0.4, -0.2) is 10.9 Å². The van der Waals surface area contributed by atoms with Gasteiger partial charge in [0.15, 0.2) is 0 Å². The van der Waals surface area contributed by atoms with Crippen molar-refractivity contribution in [3.63, 3.8) is 0 Å². The second-order valence-corrected chi connectivity index (χ2v) is 6.68. The van der Waals surface area contributed by atoms with E-state index in [2.05, 4.69) is 32.6 Å². The average molecular weight is 248 g/mol. The van der Waals surface area contributed by atoms with Gasteiger partial charge in [-0.2, -0.15) is 0 Å². The molecule has 1 heterocycles. The highest BCUT2D eigenvalue weighted by Crippen LogP contribution is 2.42. The lowest BCUT2D eigenvalue weighted by Crippen LogP contribution is -2.25. The number of rotatable bonds is 2. The number of hydrogen-bond acceptors (Lipinski definition) is 2. The summed E-state index contributed by atoms with van der Waals surface area (Å²) in [6.07, 6.45) is 2.78. The van der Waals surface area contributed by atoms with Crippen molar-refractivity contribution >= 4 is 11.8 Å². The summed E-state index contributed by atoms with van der Waals surface area (Å²) in [5.41, 5.74) is 1.55. The van der Waals surface area contributed by atoms with Crippen LogP contribution in [0.1, 0.15) is 38.3 Å². The molecule has 1 N–H and O–H groups in total. The van der Waals surface area contributed by atoms with Crippen LogP contribution in [0.3, 0.4) is 0 Å². The summed E-state index contributed by atoms with van der Waals surface area (Å²) in [4.78, 5) is 1.35. The van der Waals surface area contributed by atoms with Crippen LogP contribution >= 0.6 is 11.8 Å². The Bertz CT molecular complexity index is 446. The summed E-state index contributed by atoms with van der Waals surface area (Å²) < 4.78 is 0. The van der Waals surface area contributed by atoms with Gasteiger partial charge in [0.25, 0.3) is 0 Å². The SMILES string of the molecule is C=C[C@@](C)(O)c1ccc2c(c1)C(C)(C)CCS2. The molecule has 2 rings (SSSR count). The molecule has 0 aliphatic carbocycles. The van der Waals surface area contributed by atoms with E-state index >= 15 is 0 Å². The van der Waals surface area contributed by atoms with Crippen LogP contribution in [0.15, 0.2) is 35.7 Å². The normalized spacial score (nSPS) is 21.4. The third-order valence-electron chi connectivity index (χ3n) is 3.68. The van der Waals surface area contributed by atoms with Crippen LogP contribution < -0.4 is 0 Å². The highest BCUT2D eigenvalue weighted by Gasteiger charge is 2.30. The maximum absolute atomic E-state index is 10.2. The van der Waals surface area contributed by atoms with Crippen LogP contribution in [0, 0.1) is 0 Å². The molecule has 0 saturated heterocycles. The van der Waals surface area contributed by atoms with Crippen molar-refractivity contribution in [3.05, 3.63) is 42.0 Å². The van der Waals surface area contributed by atoms with E-state index in [0.717, 1.165) is 5.56 Å². The number of thioether (sulfide) groups is 1. The standard InChI is InChI=1S/C15H20OS/c1-5-15(4,16)11-6-7-13-12(10-11)14(2,3)8-9-17-13/h5-7,10,16H,1,8-9H2,2-4H3/t15-/m1/s1. The Hall–Kier alpha value is -0.730. The minimum atomic E-state index is -0.937. The molecule has 1 nitrogen and oxygen atoms in total. The van der Waals surface area contributed by atoms with Gasteiger partial charge >= 0.3 is 0 Å². The quantitative estimate of drug-likeness (QED) is 0.802. The molecule has 17 heavy (non-hydrogen) atoms. The minimum Gasteiger partial charge on any atom is -0.381 e. The molecule has 1 aliphatic heterocycles. The summed E-state index contributed by atoms with van der Waals surface area (Å²) in [6.45, 7) is 10.0. The van der Waals surface area contributed by atoms with Gasteiger partial charge in [-0.1, -0.05) is 38.6 Å². The molecule has 92 valence electrons. The van der Waals surface area contributed by atoms with Crippen molar-refractivity contribution < 1.29 is 5.11 Å². The fourth-order valence-corrected chi connectivity index (χ4v) is 3.66. The van der Waals surface area contributed by atoms with Crippen LogP contribution in [0.2, 0.25) is 0 Å². The van der Waals surface area contributed by atoms with Crippen LogP contribution in [-0.2, 0) is 11.0 Å². The summed E-state index contributed by atoms with van der Waals surface area (Å²) in [6, 6.07) is 6.28. The molecular weight excluding hydrogens is 228 g/mol. The molecule has 0 radical (unpaired) electrons. The van der Waals surface area contributed by atoms with E-state index in [1.165, 1.54) is 22.6 Å². The van der Waals surface area contributed by atoms with Crippen LogP contribution in [0.25, 0.3) is 0 Å². The Kier molecular flexibility index (Phi) is 3.13. The van der Waals surface area contributed by atoms with E-state index in [4.69, 9.17) is 0 Å². The van der Waals surface area contributed by atoms with Crippen LogP contribution in [0.5, 0.6) is 0 Å².